The fraction of sp³-hybridized carbons (Fsp3) is 0.647. The van der Waals surface area contributed by atoms with Crippen molar-refractivity contribution in [2.45, 2.75) is 52.1 Å². The molecule has 0 bridgehead atoms. The molecule has 0 spiro atoms. The van der Waals surface area contributed by atoms with Gasteiger partial charge >= 0.3 is 0 Å². The maximum absolute atomic E-state index is 10.4. The Labute approximate surface area is 122 Å². The van der Waals surface area contributed by atoms with E-state index in [2.05, 4.69) is 19.9 Å². The minimum Gasteiger partial charge on any atom is -0.392 e. The summed E-state index contributed by atoms with van der Waals surface area (Å²) in [5.74, 6) is 2.11. The summed E-state index contributed by atoms with van der Waals surface area (Å²) < 4.78 is 0. The third kappa shape index (κ3) is 4.22. The number of hydrogen-bond donors (Lipinski definition) is 1. The van der Waals surface area contributed by atoms with Crippen LogP contribution in [0.3, 0.4) is 0 Å². The van der Waals surface area contributed by atoms with Gasteiger partial charge in [-0.05, 0) is 67.6 Å². The van der Waals surface area contributed by atoms with Gasteiger partial charge in [0.2, 0.25) is 0 Å². The first-order chi connectivity index (χ1) is 9.06. The lowest BCUT2D eigenvalue weighted by Gasteiger charge is -2.33. The van der Waals surface area contributed by atoms with Crippen LogP contribution in [0.4, 0.5) is 0 Å². The summed E-state index contributed by atoms with van der Waals surface area (Å²) in [4.78, 5) is 0. The molecule has 1 saturated carbocycles. The Hall–Kier alpha value is -0.530. The number of rotatable bonds is 4. The molecule has 1 unspecified atom stereocenters. The average Bonchev–Trinajstić information content (AvgIpc) is 2.39. The van der Waals surface area contributed by atoms with Crippen LogP contribution in [-0.2, 0) is 6.42 Å². The Morgan fingerprint density at radius 1 is 1.16 bits per heavy atom. The third-order valence-corrected chi connectivity index (χ3v) is 4.87. The second-order valence-electron chi connectivity index (χ2n) is 6.32. The highest BCUT2D eigenvalue weighted by Crippen LogP contribution is 2.35. The molecule has 1 aliphatic carbocycles. The van der Waals surface area contributed by atoms with Gasteiger partial charge in [-0.25, -0.2) is 0 Å². The molecule has 19 heavy (non-hydrogen) atoms. The molecule has 2 heteroatoms. The van der Waals surface area contributed by atoms with E-state index in [9.17, 15) is 5.11 Å². The summed E-state index contributed by atoms with van der Waals surface area (Å²) in [7, 11) is 0. The molecule has 0 aromatic heterocycles. The van der Waals surface area contributed by atoms with Crippen molar-refractivity contribution in [2.24, 2.45) is 17.8 Å². The highest BCUT2D eigenvalue weighted by molar-refractivity contribution is 6.30. The fourth-order valence-corrected chi connectivity index (χ4v) is 3.48. The SMILES string of the molecule is CC(C)C1CCC(C(O)Cc2cccc(Cl)c2)CC1. The number of aliphatic hydroxyl groups is 1. The molecule has 1 aromatic carbocycles. The molecule has 0 saturated heterocycles. The van der Waals surface area contributed by atoms with Crippen molar-refractivity contribution in [1.82, 2.24) is 0 Å². The zero-order chi connectivity index (χ0) is 13.8. The van der Waals surface area contributed by atoms with Crippen molar-refractivity contribution in [3.8, 4) is 0 Å². The third-order valence-electron chi connectivity index (χ3n) is 4.64. The Kier molecular flexibility index (Phi) is 5.29. The van der Waals surface area contributed by atoms with Crippen LogP contribution in [0.15, 0.2) is 24.3 Å². The van der Waals surface area contributed by atoms with Crippen LogP contribution in [0, 0.1) is 17.8 Å². The van der Waals surface area contributed by atoms with E-state index in [0.717, 1.165) is 28.8 Å². The molecule has 1 aliphatic rings. The molecule has 0 radical (unpaired) electrons. The zero-order valence-corrected chi connectivity index (χ0v) is 12.7. The molecular weight excluding hydrogens is 256 g/mol. The van der Waals surface area contributed by atoms with Crippen LogP contribution in [0.25, 0.3) is 0 Å². The van der Waals surface area contributed by atoms with Crippen LogP contribution in [0.2, 0.25) is 5.02 Å². The van der Waals surface area contributed by atoms with Crippen molar-refractivity contribution >= 4 is 11.6 Å². The van der Waals surface area contributed by atoms with E-state index >= 15 is 0 Å². The lowest BCUT2D eigenvalue weighted by Crippen LogP contribution is -2.28. The summed E-state index contributed by atoms with van der Waals surface area (Å²) in [6, 6.07) is 7.85. The van der Waals surface area contributed by atoms with E-state index in [1.54, 1.807) is 0 Å². The summed E-state index contributed by atoms with van der Waals surface area (Å²) >= 11 is 5.99. The molecular formula is C17H25ClO. The van der Waals surface area contributed by atoms with E-state index in [1.807, 2.05) is 18.2 Å². The van der Waals surface area contributed by atoms with E-state index < -0.39 is 0 Å². The molecule has 1 atom stereocenters. The molecule has 1 fully saturated rings. The van der Waals surface area contributed by atoms with Crippen molar-refractivity contribution in [3.05, 3.63) is 34.9 Å². The normalized spacial score (nSPS) is 25.5. The highest BCUT2D eigenvalue weighted by Gasteiger charge is 2.27. The monoisotopic (exact) mass is 280 g/mol. The Morgan fingerprint density at radius 3 is 2.37 bits per heavy atom. The number of halogens is 1. The van der Waals surface area contributed by atoms with Gasteiger partial charge in [-0.1, -0.05) is 37.6 Å². The van der Waals surface area contributed by atoms with Gasteiger partial charge < -0.3 is 5.11 Å². The van der Waals surface area contributed by atoms with Crippen LogP contribution in [0.1, 0.15) is 45.1 Å². The van der Waals surface area contributed by atoms with Crippen LogP contribution in [-0.4, -0.2) is 11.2 Å². The molecule has 1 aromatic rings. The largest absolute Gasteiger partial charge is 0.392 e. The summed E-state index contributed by atoms with van der Waals surface area (Å²) in [5.41, 5.74) is 1.14. The van der Waals surface area contributed by atoms with Gasteiger partial charge in [-0.15, -0.1) is 0 Å². The quantitative estimate of drug-likeness (QED) is 0.847. The van der Waals surface area contributed by atoms with Gasteiger partial charge in [0.05, 0.1) is 6.10 Å². The minimum absolute atomic E-state index is 0.216. The Bertz CT molecular complexity index is 394. The molecule has 0 amide bonds. The molecule has 1 nitrogen and oxygen atoms in total. The predicted octanol–water partition coefficient (Wildman–Crippen LogP) is 4.71. The van der Waals surface area contributed by atoms with Crippen molar-refractivity contribution in [1.29, 1.82) is 0 Å². The topological polar surface area (TPSA) is 20.2 Å². The van der Waals surface area contributed by atoms with Crippen molar-refractivity contribution < 1.29 is 5.11 Å². The molecule has 1 N–H and O–H groups in total. The molecule has 106 valence electrons. The van der Waals surface area contributed by atoms with Gasteiger partial charge in [-0.2, -0.15) is 0 Å². The maximum Gasteiger partial charge on any atom is 0.0608 e. The van der Waals surface area contributed by atoms with Gasteiger partial charge in [0, 0.05) is 5.02 Å². The molecule has 2 rings (SSSR count). The number of hydrogen-bond acceptors (Lipinski definition) is 1. The fourth-order valence-electron chi connectivity index (χ4n) is 3.27. The van der Waals surface area contributed by atoms with Gasteiger partial charge in [-0.3, -0.25) is 0 Å². The summed E-state index contributed by atoms with van der Waals surface area (Å²) in [6.45, 7) is 4.63. The van der Waals surface area contributed by atoms with E-state index in [-0.39, 0.29) is 6.10 Å². The van der Waals surface area contributed by atoms with Crippen molar-refractivity contribution in [3.63, 3.8) is 0 Å². The predicted molar refractivity (Wildman–Crippen MR) is 81.4 cm³/mol. The maximum atomic E-state index is 10.4. The standard InChI is InChI=1S/C17H25ClO/c1-12(2)14-6-8-15(9-7-14)17(19)11-13-4-3-5-16(18)10-13/h3-5,10,12,14-15,17,19H,6-9,11H2,1-2H3. The van der Waals surface area contributed by atoms with Crippen LogP contribution < -0.4 is 0 Å². The Balaban J connectivity index is 1.86. The lowest BCUT2D eigenvalue weighted by molar-refractivity contribution is 0.0675. The number of benzene rings is 1. The van der Waals surface area contributed by atoms with Crippen LogP contribution in [0.5, 0.6) is 0 Å². The molecule has 0 heterocycles. The second-order valence-corrected chi connectivity index (χ2v) is 6.76. The first-order valence-electron chi connectivity index (χ1n) is 7.48. The van der Waals surface area contributed by atoms with Gasteiger partial charge in [0.25, 0.3) is 0 Å². The Morgan fingerprint density at radius 2 is 1.79 bits per heavy atom. The average molecular weight is 281 g/mol. The minimum atomic E-state index is -0.216. The smallest absolute Gasteiger partial charge is 0.0608 e. The zero-order valence-electron chi connectivity index (χ0n) is 12.0. The summed E-state index contributed by atoms with van der Waals surface area (Å²) in [6.07, 6.45) is 5.41. The first-order valence-corrected chi connectivity index (χ1v) is 7.86. The second kappa shape index (κ2) is 6.76. The highest BCUT2D eigenvalue weighted by atomic mass is 35.5. The van der Waals surface area contributed by atoms with Gasteiger partial charge in [0.1, 0.15) is 0 Å². The van der Waals surface area contributed by atoms with Gasteiger partial charge in [0.15, 0.2) is 0 Å². The van der Waals surface area contributed by atoms with E-state index in [4.69, 9.17) is 11.6 Å². The first kappa shape index (κ1) is 14.9. The number of aliphatic hydroxyl groups excluding tert-OH is 1. The lowest BCUT2D eigenvalue weighted by atomic mass is 9.74. The van der Waals surface area contributed by atoms with E-state index in [1.165, 1.54) is 25.7 Å². The van der Waals surface area contributed by atoms with E-state index in [0.29, 0.717) is 5.92 Å². The molecule has 0 aliphatic heterocycles. The van der Waals surface area contributed by atoms with Crippen molar-refractivity contribution in [2.75, 3.05) is 0 Å². The van der Waals surface area contributed by atoms with Crippen LogP contribution >= 0.6 is 11.6 Å². The summed E-state index contributed by atoms with van der Waals surface area (Å²) in [5, 5.41) is 11.2.